The van der Waals surface area contributed by atoms with Crippen LogP contribution in [0.3, 0.4) is 0 Å². The Bertz CT molecular complexity index is 616. The Morgan fingerprint density at radius 1 is 1.30 bits per heavy atom. The predicted molar refractivity (Wildman–Crippen MR) is 79.5 cm³/mol. The Labute approximate surface area is 127 Å². The minimum absolute atomic E-state index is 0.0799. The van der Waals surface area contributed by atoms with Gasteiger partial charge in [-0.2, -0.15) is 4.31 Å². The third-order valence-corrected chi connectivity index (χ3v) is 6.60. The van der Waals surface area contributed by atoms with E-state index in [1.807, 2.05) is 0 Å². The first-order chi connectivity index (χ1) is 9.45. The normalized spacial score (nSPS) is 17.8. The number of halogens is 1. The lowest BCUT2D eigenvalue weighted by Crippen LogP contribution is -2.50. The van der Waals surface area contributed by atoms with E-state index in [1.54, 1.807) is 24.0 Å². The molecule has 0 bridgehead atoms. The monoisotopic (exact) mass is 334 g/mol. The Hall–Kier alpha value is -0.890. The van der Waals surface area contributed by atoms with Crippen molar-refractivity contribution in [3.8, 4) is 0 Å². The molecular formula is C12H15ClN2O3S2. The summed E-state index contributed by atoms with van der Waals surface area (Å²) in [5.41, 5.74) is 0. The highest BCUT2D eigenvalue weighted by molar-refractivity contribution is 7.91. The molecule has 8 heteroatoms. The molecule has 0 spiro atoms. The fraction of sp³-hybridized carbons (Fsp3) is 0.417. The maximum absolute atomic E-state index is 12.4. The second-order valence-electron chi connectivity index (χ2n) is 4.29. The van der Waals surface area contributed by atoms with Gasteiger partial charge in [0.15, 0.2) is 0 Å². The van der Waals surface area contributed by atoms with Crippen molar-refractivity contribution < 1.29 is 13.2 Å². The quantitative estimate of drug-likeness (QED) is 0.792. The van der Waals surface area contributed by atoms with Gasteiger partial charge in [0.05, 0.1) is 4.34 Å². The maximum Gasteiger partial charge on any atom is 0.252 e. The average molecular weight is 335 g/mol. The fourth-order valence-corrected chi connectivity index (χ4v) is 5.02. The van der Waals surface area contributed by atoms with Crippen molar-refractivity contribution in [3.63, 3.8) is 0 Å². The van der Waals surface area contributed by atoms with Crippen molar-refractivity contribution in [1.82, 2.24) is 9.21 Å². The van der Waals surface area contributed by atoms with Gasteiger partial charge in [-0.05, 0) is 25.1 Å². The molecular weight excluding hydrogens is 320 g/mol. The first-order valence-corrected chi connectivity index (χ1v) is 8.75. The lowest BCUT2D eigenvalue weighted by atomic mass is 10.3. The molecule has 0 saturated carbocycles. The van der Waals surface area contributed by atoms with E-state index in [9.17, 15) is 13.2 Å². The first kappa shape index (κ1) is 15.5. The van der Waals surface area contributed by atoms with Crippen molar-refractivity contribution in [2.45, 2.75) is 11.1 Å². The Kier molecular flexibility index (Phi) is 4.85. The molecule has 1 saturated heterocycles. The molecule has 0 N–H and O–H groups in total. The molecule has 1 fully saturated rings. The highest BCUT2D eigenvalue weighted by Crippen LogP contribution is 2.28. The van der Waals surface area contributed by atoms with E-state index in [4.69, 9.17) is 11.6 Å². The number of piperazine rings is 1. The minimum atomic E-state index is -3.49. The van der Waals surface area contributed by atoms with Gasteiger partial charge >= 0.3 is 0 Å². The summed E-state index contributed by atoms with van der Waals surface area (Å²) in [7, 11) is -3.49. The Morgan fingerprint density at radius 2 is 1.95 bits per heavy atom. The smallest absolute Gasteiger partial charge is 0.252 e. The van der Waals surface area contributed by atoms with E-state index in [0.29, 0.717) is 30.5 Å². The lowest BCUT2D eigenvalue weighted by Gasteiger charge is -2.33. The van der Waals surface area contributed by atoms with E-state index in [2.05, 4.69) is 0 Å². The van der Waals surface area contributed by atoms with Gasteiger partial charge in [0, 0.05) is 26.2 Å². The van der Waals surface area contributed by atoms with Gasteiger partial charge < -0.3 is 4.90 Å². The number of carbonyl (C=O) groups is 1. The summed E-state index contributed by atoms with van der Waals surface area (Å²) in [5, 5.41) is 0. The zero-order valence-electron chi connectivity index (χ0n) is 11.0. The standard InChI is InChI=1S/C12H15ClN2O3S2/c1-2-3-11(16)14-6-8-15(9-7-14)20(17,18)12-5-4-10(13)19-12/h2-5H,6-9H2,1H3/b3-2+. The number of nitrogens with zero attached hydrogens (tertiary/aromatic N) is 2. The zero-order valence-corrected chi connectivity index (χ0v) is 13.3. The molecule has 0 unspecified atom stereocenters. The summed E-state index contributed by atoms with van der Waals surface area (Å²) in [6.45, 7) is 3.20. The highest BCUT2D eigenvalue weighted by Gasteiger charge is 2.30. The SMILES string of the molecule is C/C=C/C(=O)N1CCN(S(=O)(=O)c2ccc(Cl)s2)CC1. The van der Waals surface area contributed by atoms with Gasteiger partial charge in [0.25, 0.3) is 10.0 Å². The van der Waals surface area contributed by atoms with Crippen molar-refractivity contribution in [3.05, 3.63) is 28.6 Å². The fourth-order valence-electron chi connectivity index (χ4n) is 1.96. The number of hydrogen-bond acceptors (Lipinski definition) is 4. The third kappa shape index (κ3) is 3.22. The zero-order chi connectivity index (χ0) is 14.8. The van der Waals surface area contributed by atoms with Gasteiger partial charge in [-0.3, -0.25) is 4.79 Å². The molecule has 2 heterocycles. The molecule has 0 aromatic carbocycles. The van der Waals surface area contributed by atoms with Crippen LogP contribution in [0.5, 0.6) is 0 Å². The number of rotatable bonds is 3. The average Bonchev–Trinajstić information content (AvgIpc) is 2.86. The molecule has 1 aromatic rings. The number of thiophene rings is 1. The van der Waals surface area contributed by atoms with E-state index in [-0.39, 0.29) is 10.1 Å². The van der Waals surface area contributed by atoms with Gasteiger partial charge in [-0.25, -0.2) is 8.42 Å². The molecule has 5 nitrogen and oxygen atoms in total. The topological polar surface area (TPSA) is 57.7 Å². The van der Waals surface area contributed by atoms with Crippen LogP contribution in [0.2, 0.25) is 4.34 Å². The number of carbonyl (C=O) groups excluding carboxylic acids is 1. The Balaban J connectivity index is 2.05. The molecule has 2 rings (SSSR count). The molecule has 0 atom stereocenters. The molecule has 1 amide bonds. The van der Waals surface area contributed by atoms with Crippen LogP contribution >= 0.6 is 22.9 Å². The van der Waals surface area contributed by atoms with E-state index in [0.717, 1.165) is 11.3 Å². The summed E-state index contributed by atoms with van der Waals surface area (Å²) < 4.78 is 26.8. The third-order valence-electron chi connectivity index (χ3n) is 3.00. The number of allylic oxidation sites excluding steroid dienone is 1. The van der Waals surface area contributed by atoms with Crippen LogP contribution in [0.15, 0.2) is 28.5 Å². The molecule has 1 aliphatic heterocycles. The van der Waals surface area contributed by atoms with Crippen molar-refractivity contribution in [2.24, 2.45) is 0 Å². The molecule has 110 valence electrons. The summed E-state index contributed by atoms with van der Waals surface area (Å²) in [4.78, 5) is 13.3. The van der Waals surface area contributed by atoms with Crippen LogP contribution in [0.4, 0.5) is 0 Å². The van der Waals surface area contributed by atoms with Crippen molar-refractivity contribution >= 4 is 38.9 Å². The molecule has 1 aromatic heterocycles. The van der Waals surface area contributed by atoms with E-state index < -0.39 is 10.0 Å². The van der Waals surface area contributed by atoms with E-state index >= 15 is 0 Å². The van der Waals surface area contributed by atoms with Crippen molar-refractivity contribution in [1.29, 1.82) is 0 Å². The first-order valence-electron chi connectivity index (χ1n) is 6.12. The van der Waals surface area contributed by atoms with Crippen LogP contribution in [-0.2, 0) is 14.8 Å². The number of amides is 1. The summed E-state index contributed by atoms with van der Waals surface area (Å²) in [6.07, 6.45) is 3.17. The predicted octanol–water partition coefficient (Wildman–Crippen LogP) is 1.81. The van der Waals surface area contributed by atoms with E-state index in [1.165, 1.54) is 16.4 Å². The lowest BCUT2D eigenvalue weighted by molar-refractivity contribution is -0.127. The molecule has 0 radical (unpaired) electrons. The number of sulfonamides is 1. The van der Waals surface area contributed by atoms with Crippen molar-refractivity contribution in [2.75, 3.05) is 26.2 Å². The second-order valence-corrected chi connectivity index (χ2v) is 8.17. The van der Waals surface area contributed by atoms with Crippen LogP contribution in [0, 0.1) is 0 Å². The highest BCUT2D eigenvalue weighted by atomic mass is 35.5. The molecule has 20 heavy (non-hydrogen) atoms. The summed E-state index contributed by atoms with van der Waals surface area (Å²) >= 11 is 6.83. The summed E-state index contributed by atoms with van der Waals surface area (Å²) in [5.74, 6) is -0.0799. The molecule has 1 aliphatic rings. The van der Waals surface area contributed by atoms with Gasteiger partial charge in [0.1, 0.15) is 4.21 Å². The van der Waals surface area contributed by atoms with Gasteiger partial charge in [-0.15, -0.1) is 11.3 Å². The van der Waals surface area contributed by atoms with Gasteiger partial charge in [0.2, 0.25) is 5.91 Å². The van der Waals surface area contributed by atoms with Crippen LogP contribution in [0.25, 0.3) is 0 Å². The largest absolute Gasteiger partial charge is 0.337 e. The van der Waals surface area contributed by atoms with Gasteiger partial charge in [-0.1, -0.05) is 17.7 Å². The maximum atomic E-state index is 12.4. The van der Waals surface area contributed by atoms with Crippen LogP contribution in [0.1, 0.15) is 6.92 Å². The summed E-state index contributed by atoms with van der Waals surface area (Å²) in [6, 6.07) is 3.09. The second kappa shape index (κ2) is 6.26. The Morgan fingerprint density at radius 3 is 2.45 bits per heavy atom. The van der Waals surface area contributed by atoms with Crippen LogP contribution < -0.4 is 0 Å². The minimum Gasteiger partial charge on any atom is -0.337 e. The van der Waals surface area contributed by atoms with Crippen LogP contribution in [-0.4, -0.2) is 49.7 Å². The molecule has 0 aliphatic carbocycles. The number of hydrogen-bond donors (Lipinski definition) is 0.